The molecule has 0 aliphatic heterocycles. The molecule has 0 N–H and O–H groups in total. The molecular formula is C7H3F11. The first-order chi connectivity index (χ1) is 7.60. The number of allylic oxidation sites excluding steroid dienone is 2. The molecule has 0 heterocycles. The lowest BCUT2D eigenvalue weighted by atomic mass is 10.0. The van der Waals surface area contributed by atoms with Crippen molar-refractivity contribution in [1.82, 2.24) is 0 Å². The highest BCUT2D eigenvalue weighted by Crippen LogP contribution is 2.55. The molecule has 0 aromatic rings. The third kappa shape index (κ3) is 2.26. The van der Waals surface area contributed by atoms with E-state index < -0.39 is 35.6 Å². The molecule has 0 rings (SSSR count). The number of hydrogen-bond acceptors (Lipinski definition) is 0. The Labute approximate surface area is 92.1 Å². The molecule has 0 unspecified atom stereocenters. The third-order valence-corrected chi connectivity index (χ3v) is 1.72. The van der Waals surface area contributed by atoms with Gasteiger partial charge in [-0.15, -0.1) is 0 Å². The Morgan fingerprint density at radius 1 is 0.667 bits per heavy atom. The van der Waals surface area contributed by atoms with Gasteiger partial charge in [0, 0.05) is 0 Å². The molecule has 0 aromatic heterocycles. The van der Waals surface area contributed by atoms with E-state index in [1.807, 2.05) is 0 Å². The van der Waals surface area contributed by atoms with Gasteiger partial charge in [-0.25, -0.2) is 8.78 Å². The Balaban J connectivity index is 5.88. The maximum absolute atomic E-state index is 12.5. The van der Waals surface area contributed by atoms with Gasteiger partial charge < -0.3 is 0 Å². The SMILES string of the molecule is CC(F)=C(F)C(F)(F)C(F)(F)C(F)(F)C(F)(F)F. The fourth-order valence-corrected chi connectivity index (χ4v) is 0.729. The average Bonchev–Trinajstić information content (AvgIpc) is 2.13. The Bertz CT molecular complexity index is 343. The van der Waals surface area contributed by atoms with Crippen molar-refractivity contribution in [2.24, 2.45) is 0 Å². The van der Waals surface area contributed by atoms with Crippen LogP contribution in [0.4, 0.5) is 48.3 Å². The van der Waals surface area contributed by atoms with Crippen LogP contribution in [0.1, 0.15) is 6.92 Å². The van der Waals surface area contributed by atoms with E-state index in [1.165, 1.54) is 0 Å². The molecule has 108 valence electrons. The van der Waals surface area contributed by atoms with Gasteiger partial charge in [-0.3, -0.25) is 0 Å². The van der Waals surface area contributed by atoms with Crippen molar-refractivity contribution in [3.05, 3.63) is 11.7 Å². The molecule has 0 nitrogen and oxygen atoms in total. The maximum atomic E-state index is 12.5. The standard InChI is InChI=1S/C7H3F11/c1-2(8)3(9)4(10,11)5(12,13)6(14,15)7(16,17)18/h1H3. The lowest BCUT2D eigenvalue weighted by Gasteiger charge is -2.32. The van der Waals surface area contributed by atoms with Crippen LogP contribution in [0, 0.1) is 0 Å². The molecule has 0 fully saturated rings. The second kappa shape index (κ2) is 4.26. The topological polar surface area (TPSA) is 0 Å². The van der Waals surface area contributed by atoms with E-state index in [2.05, 4.69) is 0 Å². The first-order valence-electron chi connectivity index (χ1n) is 3.83. The van der Waals surface area contributed by atoms with Gasteiger partial charge in [0.1, 0.15) is 5.83 Å². The molecule has 0 saturated heterocycles. The third-order valence-electron chi connectivity index (χ3n) is 1.72. The minimum absolute atomic E-state index is 0.148. The van der Waals surface area contributed by atoms with Gasteiger partial charge in [-0.2, -0.15) is 39.5 Å². The molecule has 0 saturated carbocycles. The predicted molar refractivity (Wildman–Crippen MR) is 35.8 cm³/mol. The van der Waals surface area contributed by atoms with E-state index in [0.717, 1.165) is 0 Å². The van der Waals surface area contributed by atoms with Gasteiger partial charge >= 0.3 is 23.9 Å². The van der Waals surface area contributed by atoms with Gasteiger partial charge in [0.05, 0.1) is 0 Å². The van der Waals surface area contributed by atoms with Gasteiger partial charge in [0.25, 0.3) is 0 Å². The Morgan fingerprint density at radius 2 is 1.00 bits per heavy atom. The predicted octanol–water partition coefficient (Wildman–Crippen LogP) is 4.63. The monoisotopic (exact) mass is 296 g/mol. The maximum Gasteiger partial charge on any atom is 0.460 e. The molecule has 0 atom stereocenters. The van der Waals surface area contributed by atoms with Crippen LogP contribution in [0.2, 0.25) is 0 Å². The van der Waals surface area contributed by atoms with Crippen molar-refractivity contribution < 1.29 is 48.3 Å². The molecule has 11 heteroatoms. The van der Waals surface area contributed by atoms with E-state index in [4.69, 9.17) is 0 Å². The second-order valence-electron chi connectivity index (χ2n) is 3.07. The van der Waals surface area contributed by atoms with Crippen molar-refractivity contribution in [1.29, 1.82) is 0 Å². The molecule has 18 heavy (non-hydrogen) atoms. The first kappa shape index (κ1) is 17.0. The quantitative estimate of drug-likeness (QED) is 0.666. The molecule has 0 aliphatic rings. The summed E-state index contributed by atoms with van der Waals surface area (Å²) in [4.78, 5) is 0. The zero-order valence-electron chi connectivity index (χ0n) is 8.16. The zero-order chi connectivity index (χ0) is 15.2. The summed E-state index contributed by atoms with van der Waals surface area (Å²) < 4.78 is 133. The normalized spacial score (nSPS) is 16.7. The van der Waals surface area contributed by atoms with Crippen LogP contribution in [0.25, 0.3) is 0 Å². The summed E-state index contributed by atoms with van der Waals surface area (Å²) in [6.07, 6.45) is -7.07. The van der Waals surface area contributed by atoms with Crippen LogP contribution >= 0.6 is 0 Å². The number of alkyl halides is 9. The van der Waals surface area contributed by atoms with Crippen LogP contribution in [0.15, 0.2) is 11.7 Å². The molecule has 0 spiro atoms. The fraction of sp³-hybridized carbons (Fsp3) is 0.714. The molecule has 0 amide bonds. The summed E-state index contributed by atoms with van der Waals surface area (Å²) in [6, 6.07) is 0. The van der Waals surface area contributed by atoms with Gasteiger partial charge in [-0.1, -0.05) is 0 Å². The largest absolute Gasteiger partial charge is 0.460 e. The summed E-state index contributed by atoms with van der Waals surface area (Å²) in [6.45, 7) is -0.148. The van der Waals surface area contributed by atoms with Crippen LogP contribution < -0.4 is 0 Å². The first-order valence-corrected chi connectivity index (χ1v) is 3.83. The van der Waals surface area contributed by atoms with E-state index in [0.29, 0.717) is 0 Å². The van der Waals surface area contributed by atoms with Gasteiger partial charge in [0.2, 0.25) is 5.83 Å². The smallest absolute Gasteiger partial charge is 0.209 e. The van der Waals surface area contributed by atoms with E-state index >= 15 is 0 Å². The number of halogens is 11. The van der Waals surface area contributed by atoms with Gasteiger partial charge in [-0.05, 0) is 6.92 Å². The van der Waals surface area contributed by atoms with Crippen molar-refractivity contribution in [2.45, 2.75) is 30.9 Å². The van der Waals surface area contributed by atoms with E-state index in [1.54, 1.807) is 0 Å². The van der Waals surface area contributed by atoms with Crippen LogP contribution in [-0.4, -0.2) is 23.9 Å². The summed E-state index contributed by atoms with van der Waals surface area (Å²) in [5, 5.41) is 0. The Hall–Kier alpha value is -1.03. The van der Waals surface area contributed by atoms with E-state index in [-0.39, 0.29) is 6.92 Å². The van der Waals surface area contributed by atoms with Crippen LogP contribution in [0.5, 0.6) is 0 Å². The average molecular weight is 296 g/mol. The molecular weight excluding hydrogens is 293 g/mol. The molecule has 0 aromatic carbocycles. The number of hydrogen-bond donors (Lipinski definition) is 0. The zero-order valence-corrected chi connectivity index (χ0v) is 8.16. The second-order valence-corrected chi connectivity index (χ2v) is 3.07. The highest BCUT2D eigenvalue weighted by Gasteiger charge is 2.83. The lowest BCUT2D eigenvalue weighted by Crippen LogP contribution is -2.61. The lowest BCUT2D eigenvalue weighted by molar-refractivity contribution is -0.391. The summed E-state index contributed by atoms with van der Waals surface area (Å²) in [7, 11) is 0. The minimum Gasteiger partial charge on any atom is -0.209 e. The highest BCUT2D eigenvalue weighted by molar-refractivity contribution is 5.17. The van der Waals surface area contributed by atoms with Crippen molar-refractivity contribution in [2.75, 3.05) is 0 Å². The van der Waals surface area contributed by atoms with Crippen LogP contribution in [-0.2, 0) is 0 Å². The van der Waals surface area contributed by atoms with Crippen molar-refractivity contribution in [3.63, 3.8) is 0 Å². The van der Waals surface area contributed by atoms with Crippen molar-refractivity contribution in [3.8, 4) is 0 Å². The van der Waals surface area contributed by atoms with Crippen molar-refractivity contribution >= 4 is 0 Å². The molecule has 0 radical (unpaired) electrons. The van der Waals surface area contributed by atoms with Crippen LogP contribution in [0.3, 0.4) is 0 Å². The number of rotatable bonds is 3. The molecule has 0 bridgehead atoms. The minimum atomic E-state index is -7.24. The molecule has 0 aliphatic carbocycles. The Morgan fingerprint density at radius 3 is 1.22 bits per heavy atom. The fourth-order valence-electron chi connectivity index (χ4n) is 0.729. The highest BCUT2D eigenvalue weighted by atomic mass is 19.4. The summed E-state index contributed by atoms with van der Waals surface area (Å²) >= 11 is 0. The van der Waals surface area contributed by atoms with E-state index in [9.17, 15) is 48.3 Å². The summed E-state index contributed by atoms with van der Waals surface area (Å²) in [5.41, 5.74) is 0. The summed E-state index contributed by atoms with van der Waals surface area (Å²) in [5.74, 6) is -27.4. The Kier molecular flexibility index (Phi) is 4.02. The van der Waals surface area contributed by atoms with Gasteiger partial charge in [0.15, 0.2) is 0 Å².